The fourth-order valence-corrected chi connectivity index (χ4v) is 6.79. The summed E-state index contributed by atoms with van der Waals surface area (Å²) in [6.07, 6.45) is 6.32. The molecule has 5 nitrogen and oxygen atoms in total. The first-order chi connectivity index (χ1) is 15.9. The van der Waals surface area contributed by atoms with E-state index in [-0.39, 0.29) is 5.91 Å². The molecule has 1 aromatic carbocycles. The lowest BCUT2D eigenvalue weighted by Gasteiger charge is -2.10. The van der Waals surface area contributed by atoms with E-state index in [4.69, 9.17) is 0 Å². The number of amides is 1. The Morgan fingerprint density at radius 1 is 1.18 bits per heavy atom. The number of nitrogens with one attached hydrogen (secondary N) is 1. The van der Waals surface area contributed by atoms with Crippen LogP contribution in [0.25, 0.3) is 11.1 Å². The van der Waals surface area contributed by atoms with Gasteiger partial charge in [0.25, 0.3) is 5.91 Å². The second-order valence-corrected chi connectivity index (χ2v) is 10.6. The van der Waals surface area contributed by atoms with Gasteiger partial charge in [-0.25, -0.2) is 4.99 Å². The molecule has 3 aromatic rings. The Morgan fingerprint density at radius 2 is 2.00 bits per heavy atom. The standard InChI is InChI=1S/C26H24N4OS2/c1-15-7-6-8-19(11-15)28-26-29-24(31)23(33-26)13-18-12-16(2)30(17(18)3)25-21(14-27)20-9-4-5-10-22(20)32-25/h6-8,11-13H,4-5,9-10H2,1-3H3,(H,28,29,31)/b23-13-. The molecule has 0 radical (unpaired) electrons. The van der Waals surface area contributed by atoms with E-state index in [1.807, 2.05) is 37.3 Å². The highest BCUT2D eigenvalue weighted by Crippen LogP contribution is 2.39. The maximum absolute atomic E-state index is 12.6. The number of carbonyl (C=O) groups excluding carboxylic acids is 1. The molecule has 1 N–H and O–H groups in total. The van der Waals surface area contributed by atoms with Gasteiger partial charge in [0.15, 0.2) is 5.17 Å². The van der Waals surface area contributed by atoms with Crippen LogP contribution in [0.4, 0.5) is 5.69 Å². The molecule has 0 atom stereocenters. The van der Waals surface area contributed by atoms with Gasteiger partial charge in [0.05, 0.1) is 16.2 Å². The Bertz CT molecular complexity index is 1380. The molecule has 1 amide bonds. The number of nitrogens with zero attached hydrogens (tertiary/aromatic N) is 3. The number of thiophene rings is 1. The van der Waals surface area contributed by atoms with Crippen LogP contribution in [0.1, 0.15) is 51.4 Å². The number of rotatable bonds is 3. The first-order valence-electron chi connectivity index (χ1n) is 11.0. The predicted octanol–water partition coefficient (Wildman–Crippen LogP) is 6.11. The van der Waals surface area contributed by atoms with Crippen LogP contribution >= 0.6 is 23.1 Å². The third-order valence-corrected chi connectivity index (χ3v) is 8.29. The number of nitriles is 1. The van der Waals surface area contributed by atoms with Gasteiger partial charge in [0.1, 0.15) is 11.1 Å². The number of fused-ring (bicyclic) bond motifs is 1. The largest absolute Gasteiger partial charge is 0.308 e. The lowest BCUT2D eigenvalue weighted by Crippen LogP contribution is -2.19. The van der Waals surface area contributed by atoms with Crippen molar-refractivity contribution in [2.75, 3.05) is 0 Å². The average molecular weight is 473 g/mol. The molecule has 1 fully saturated rings. The van der Waals surface area contributed by atoms with Gasteiger partial charge in [-0.05, 0) is 99.2 Å². The number of amidine groups is 1. The Hall–Kier alpha value is -3.08. The van der Waals surface area contributed by atoms with Crippen LogP contribution in [0.15, 0.2) is 40.2 Å². The fraction of sp³-hybridized carbons (Fsp3) is 0.269. The van der Waals surface area contributed by atoms with Gasteiger partial charge in [-0.1, -0.05) is 12.1 Å². The lowest BCUT2D eigenvalue weighted by molar-refractivity contribution is -0.115. The number of hydrogen-bond acceptors (Lipinski definition) is 5. The molecule has 7 heteroatoms. The number of hydrogen-bond donors (Lipinski definition) is 1. The zero-order valence-corrected chi connectivity index (χ0v) is 20.5. The van der Waals surface area contributed by atoms with Crippen molar-refractivity contribution < 1.29 is 4.79 Å². The lowest BCUT2D eigenvalue weighted by atomic mass is 9.96. The minimum Gasteiger partial charge on any atom is -0.308 e. The van der Waals surface area contributed by atoms with E-state index in [1.54, 1.807) is 11.3 Å². The molecule has 5 rings (SSSR count). The minimum atomic E-state index is -0.138. The number of carbonyl (C=O) groups is 1. The summed E-state index contributed by atoms with van der Waals surface area (Å²) in [6.45, 7) is 6.13. The van der Waals surface area contributed by atoms with E-state index in [0.29, 0.717) is 10.1 Å². The molecule has 2 aromatic heterocycles. The van der Waals surface area contributed by atoms with Gasteiger partial charge in [0.2, 0.25) is 0 Å². The highest BCUT2D eigenvalue weighted by Gasteiger charge is 2.26. The molecule has 0 bridgehead atoms. The summed E-state index contributed by atoms with van der Waals surface area (Å²) >= 11 is 3.10. The molecule has 0 saturated carbocycles. The van der Waals surface area contributed by atoms with Crippen LogP contribution in [-0.4, -0.2) is 15.6 Å². The molecular formula is C26H24N4OS2. The normalized spacial score (nSPS) is 17.9. The van der Waals surface area contributed by atoms with Gasteiger partial charge in [-0.15, -0.1) is 11.3 Å². The van der Waals surface area contributed by atoms with Crippen LogP contribution < -0.4 is 5.32 Å². The molecule has 1 aliphatic carbocycles. The van der Waals surface area contributed by atoms with Crippen molar-refractivity contribution in [3.05, 3.63) is 73.8 Å². The third-order valence-electron chi connectivity index (χ3n) is 6.11. The Labute approximate surface area is 201 Å². The molecule has 1 saturated heterocycles. The molecule has 3 heterocycles. The maximum Gasteiger partial charge on any atom is 0.264 e. The predicted molar refractivity (Wildman–Crippen MR) is 136 cm³/mol. The zero-order chi connectivity index (χ0) is 23.1. The van der Waals surface area contributed by atoms with Crippen molar-refractivity contribution in [1.82, 2.24) is 9.88 Å². The van der Waals surface area contributed by atoms with Crippen molar-refractivity contribution in [1.29, 1.82) is 5.26 Å². The van der Waals surface area contributed by atoms with Crippen molar-refractivity contribution in [3.8, 4) is 11.1 Å². The minimum absolute atomic E-state index is 0.138. The highest BCUT2D eigenvalue weighted by atomic mass is 32.2. The van der Waals surface area contributed by atoms with Gasteiger partial charge in [-0.3, -0.25) is 4.79 Å². The van der Waals surface area contributed by atoms with Gasteiger partial charge in [-0.2, -0.15) is 5.26 Å². The molecular weight excluding hydrogens is 448 g/mol. The molecule has 0 unspecified atom stereocenters. The summed E-state index contributed by atoms with van der Waals surface area (Å²) in [4.78, 5) is 19.2. The smallest absolute Gasteiger partial charge is 0.264 e. The van der Waals surface area contributed by atoms with E-state index in [2.05, 4.69) is 40.9 Å². The first kappa shape index (κ1) is 21.7. The van der Waals surface area contributed by atoms with E-state index in [1.165, 1.54) is 28.6 Å². The number of benzene rings is 1. The molecule has 0 spiro atoms. The SMILES string of the molecule is Cc1cccc(N=C2NC(=O)/C(=C/c3cc(C)n(-c4sc5c(c4C#N)CCCC5)c3C)S2)c1. The average Bonchev–Trinajstić information content (AvgIpc) is 3.41. The summed E-state index contributed by atoms with van der Waals surface area (Å²) in [5.74, 6) is -0.138. The van der Waals surface area contributed by atoms with E-state index >= 15 is 0 Å². The second kappa shape index (κ2) is 8.69. The summed E-state index contributed by atoms with van der Waals surface area (Å²) in [5, 5.41) is 14.4. The summed E-state index contributed by atoms with van der Waals surface area (Å²) in [6, 6.07) is 12.5. The Balaban J connectivity index is 1.49. The molecule has 1 aliphatic heterocycles. The summed E-state index contributed by atoms with van der Waals surface area (Å²) in [7, 11) is 0. The van der Waals surface area contributed by atoms with Crippen molar-refractivity contribution in [3.63, 3.8) is 0 Å². The van der Waals surface area contributed by atoms with Crippen molar-refractivity contribution >= 4 is 45.9 Å². The first-order valence-corrected chi connectivity index (χ1v) is 12.7. The van der Waals surface area contributed by atoms with Crippen LogP contribution in [0.3, 0.4) is 0 Å². The van der Waals surface area contributed by atoms with E-state index in [9.17, 15) is 10.1 Å². The third kappa shape index (κ3) is 4.05. The van der Waals surface area contributed by atoms with Crippen LogP contribution in [0.2, 0.25) is 0 Å². The summed E-state index contributed by atoms with van der Waals surface area (Å²) < 4.78 is 2.17. The summed E-state index contributed by atoms with van der Waals surface area (Å²) in [5.41, 5.74) is 7.08. The topological polar surface area (TPSA) is 70.2 Å². The molecule has 33 heavy (non-hydrogen) atoms. The fourth-order valence-electron chi connectivity index (χ4n) is 4.51. The number of aryl methyl sites for hydroxylation is 3. The second-order valence-electron chi connectivity index (χ2n) is 8.49. The van der Waals surface area contributed by atoms with E-state index < -0.39 is 0 Å². The number of aromatic nitrogens is 1. The number of aliphatic imine (C=N–C) groups is 1. The Morgan fingerprint density at radius 3 is 2.79 bits per heavy atom. The van der Waals surface area contributed by atoms with Gasteiger partial charge >= 0.3 is 0 Å². The number of thioether (sulfide) groups is 1. The molecule has 2 aliphatic rings. The maximum atomic E-state index is 12.6. The van der Waals surface area contributed by atoms with E-state index in [0.717, 1.165) is 58.0 Å². The monoisotopic (exact) mass is 472 g/mol. The van der Waals surface area contributed by atoms with Gasteiger partial charge in [0, 0.05) is 16.3 Å². The van der Waals surface area contributed by atoms with Crippen molar-refractivity contribution in [2.45, 2.75) is 46.5 Å². The quantitative estimate of drug-likeness (QED) is 0.468. The molecule has 166 valence electrons. The van der Waals surface area contributed by atoms with Crippen molar-refractivity contribution in [2.24, 2.45) is 4.99 Å². The Kier molecular flexibility index (Phi) is 5.73. The highest BCUT2D eigenvalue weighted by molar-refractivity contribution is 8.18. The van der Waals surface area contributed by atoms with Crippen LogP contribution in [0.5, 0.6) is 0 Å². The van der Waals surface area contributed by atoms with Gasteiger partial charge < -0.3 is 9.88 Å². The van der Waals surface area contributed by atoms with Crippen LogP contribution in [-0.2, 0) is 17.6 Å². The zero-order valence-electron chi connectivity index (χ0n) is 18.9. The van der Waals surface area contributed by atoms with Crippen LogP contribution in [0, 0.1) is 32.1 Å².